The van der Waals surface area contributed by atoms with Crippen LogP contribution in [0, 0.1) is 6.92 Å². The maximum absolute atomic E-state index is 6.08. The molecule has 0 unspecified atom stereocenters. The highest BCUT2D eigenvalue weighted by Crippen LogP contribution is 2.48. The first-order valence-corrected chi connectivity index (χ1v) is 7.13. The van der Waals surface area contributed by atoms with Gasteiger partial charge in [0.25, 0.3) is 0 Å². The highest BCUT2D eigenvalue weighted by Gasteiger charge is 2.41. The van der Waals surface area contributed by atoms with Crippen LogP contribution in [-0.4, -0.2) is 9.97 Å². The summed E-state index contributed by atoms with van der Waals surface area (Å²) < 4.78 is 0. The number of benzene rings is 1. The fourth-order valence-corrected chi connectivity index (χ4v) is 3.12. The number of aromatic nitrogens is 2. The van der Waals surface area contributed by atoms with Gasteiger partial charge in [0.15, 0.2) is 0 Å². The van der Waals surface area contributed by atoms with Crippen LogP contribution < -0.4 is 0 Å². The molecular weight excluding hydrogens is 279 g/mol. The minimum Gasteiger partial charge on any atom is -0.237 e. The van der Waals surface area contributed by atoms with Crippen molar-refractivity contribution >= 4 is 23.2 Å². The first-order chi connectivity index (χ1) is 9.10. The Kier molecular flexibility index (Phi) is 3.23. The van der Waals surface area contributed by atoms with Crippen LogP contribution in [0.5, 0.6) is 0 Å². The zero-order valence-corrected chi connectivity index (χ0v) is 12.2. The van der Waals surface area contributed by atoms with Gasteiger partial charge in [0.1, 0.15) is 11.0 Å². The molecule has 0 bridgehead atoms. The van der Waals surface area contributed by atoms with E-state index in [1.165, 1.54) is 12.0 Å². The minimum atomic E-state index is -0.0120. The summed E-state index contributed by atoms with van der Waals surface area (Å²) in [6, 6.07) is 9.95. The van der Waals surface area contributed by atoms with Gasteiger partial charge in [-0.15, -0.1) is 0 Å². The number of hydrogen-bond acceptors (Lipinski definition) is 2. The standard InChI is InChI=1S/C15H14Cl2N2/c1-10-18-13(9-14(17)19-10)15(7-2-8-15)11-3-5-12(16)6-4-11/h3-6,9H,2,7-8H2,1H3. The van der Waals surface area contributed by atoms with Gasteiger partial charge >= 0.3 is 0 Å². The quantitative estimate of drug-likeness (QED) is 0.758. The van der Waals surface area contributed by atoms with Gasteiger partial charge in [-0.2, -0.15) is 0 Å². The zero-order chi connectivity index (χ0) is 13.5. The van der Waals surface area contributed by atoms with E-state index in [-0.39, 0.29) is 5.41 Å². The van der Waals surface area contributed by atoms with Gasteiger partial charge in [0.05, 0.1) is 5.69 Å². The Bertz CT molecular complexity index is 584. The molecule has 4 heteroatoms. The highest BCUT2D eigenvalue weighted by molar-refractivity contribution is 6.30. The second-order valence-electron chi connectivity index (χ2n) is 5.07. The normalized spacial score (nSPS) is 17.0. The number of nitrogens with zero attached hydrogens (tertiary/aromatic N) is 2. The number of aryl methyl sites for hydroxylation is 1. The monoisotopic (exact) mass is 292 g/mol. The van der Waals surface area contributed by atoms with Crippen LogP contribution in [0.2, 0.25) is 10.2 Å². The Morgan fingerprint density at radius 3 is 2.26 bits per heavy atom. The van der Waals surface area contributed by atoms with Crippen molar-refractivity contribution in [3.63, 3.8) is 0 Å². The fraction of sp³-hybridized carbons (Fsp3) is 0.333. The van der Waals surface area contributed by atoms with Gasteiger partial charge < -0.3 is 0 Å². The van der Waals surface area contributed by atoms with E-state index in [1.807, 2.05) is 25.1 Å². The molecule has 3 rings (SSSR count). The SMILES string of the molecule is Cc1nc(Cl)cc(C2(c3ccc(Cl)cc3)CCC2)n1. The minimum absolute atomic E-state index is 0.0120. The van der Waals surface area contributed by atoms with Crippen LogP contribution in [0.4, 0.5) is 0 Å². The summed E-state index contributed by atoms with van der Waals surface area (Å²) in [4.78, 5) is 8.75. The van der Waals surface area contributed by atoms with Crippen LogP contribution in [0.1, 0.15) is 36.3 Å². The van der Waals surface area contributed by atoms with Crippen molar-refractivity contribution in [2.45, 2.75) is 31.6 Å². The van der Waals surface area contributed by atoms with Crippen molar-refractivity contribution in [3.05, 3.63) is 57.6 Å². The molecule has 2 aromatic rings. The van der Waals surface area contributed by atoms with Crippen LogP contribution in [0.15, 0.2) is 30.3 Å². The van der Waals surface area contributed by atoms with Gasteiger partial charge in [-0.1, -0.05) is 41.8 Å². The molecule has 1 heterocycles. The van der Waals surface area contributed by atoms with Gasteiger partial charge in [-0.3, -0.25) is 0 Å². The summed E-state index contributed by atoms with van der Waals surface area (Å²) in [5, 5.41) is 1.28. The maximum atomic E-state index is 6.08. The molecule has 1 fully saturated rings. The van der Waals surface area contributed by atoms with E-state index < -0.39 is 0 Å². The largest absolute Gasteiger partial charge is 0.237 e. The molecule has 0 saturated heterocycles. The molecule has 0 amide bonds. The second-order valence-corrected chi connectivity index (χ2v) is 5.89. The first-order valence-electron chi connectivity index (χ1n) is 6.38. The lowest BCUT2D eigenvalue weighted by Crippen LogP contribution is -2.36. The Labute approximate surface area is 122 Å². The summed E-state index contributed by atoms with van der Waals surface area (Å²) in [6.07, 6.45) is 3.41. The van der Waals surface area contributed by atoms with Crippen molar-refractivity contribution in [2.24, 2.45) is 0 Å². The lowest BCUT2D eigenvalue weighted by atomic mass is 9.62. The number of rotatable bonds is 2. The van der Waals surface area contributed by atoms with Crippen molar-refractivity contribution in [2.75, 3.05) is 0 Å². The number of halogens is 2. The van der Waals surface area contributed by atoms with Gasteiger partial charge in [0, 0.05) is 10.4 Å². The van der Waals surface area contributed by atoms with Crippen LogP contribution in [-0.2, 0) is 5.41 Å². The molecular formula is C15H14Cl2N2. The van der Waals surface area contributed by atoms with Crippen LogP contribution >= 0.6 is 23.2 Å². The van der Waals surface area contributed by atoms with Crippen LogP contribution in [0.3, 0.4) is 0 Å². The molecule has 0 radical (unpaired) electrons. The second kappa shape index (κ2) is 4.77. The van der Waals surface area contributed by atoms with Crippen molar-refractivity contribution in [1.29, 1.82) is 0 Å². The lowest BCUT2D eigenvalue weighted by Gasteiger charge is -2.42. The van der Waals surface area contributed by atoms with E-state index >= 15 is 0 Å². The molecule has 2 nitrogen and oxygen atoms in total. The van der Waals surface area contributed by atoms with E-state index in [2.05, 4.69) is 22.1 Å². The average molecular weight is 293 g/mol. The van der Waals surface area contributed by atoms with E-state index in [9.17, 15) is 0 Å². The Morgan fingerprint density at radius 2 is 1.74 bits per heavy atom. The molecule has 0 spiro atoms. The van der Waals surface area contributed by atoms with E-state index in [0.717, 1.165) is 29.4 Å². The van der Waals surface area contributed by atoms with Crippen molar-refractivity contribution in [1.82, 2.24) is 9.97 Å². The van der Waals surface area contributed by atoms with Gasteiger partial charge in [0.2, 0.25) is 0 Å². The molecule has 98 valence electrons. The molecule has 1 aromatic heterocycles. The third-order valence-corrected chi connectivity index (χ3v) is 4.35. The third-order valence-electron chi connectivity index (χ3n) is 3.90. The summed E-state index contributed by atoms with van der Waals surface area (Å²) in [5.74, 6) is 0.725. The third kappa shape index (κ3) is 2.24. The molecule has 1 saturated carbocycles. The smallest absolute Gasteiger partial charge is 0.133 e. The van der Waals surface area contributed by atoms with E-state index in [1.54, 1.807) is 0 Å². The maximum Gasteiger partial charge on any atom is 0.133 e. The number of hydrogen-bond donors (Lipinski definition) is 0. The molecule has 0 aliphatic heterocycles. The summed E-state index contributed by atoms with van der Waals surface area (Å²) in [7, 11) is 0. The highest BCUT2D eigenvalue weighted by atomic mass is 35.5. The van der Waals surface area contributed by atoms with Gasteiger partial charge in [-0.25, -0.2) is 9.97 Å². The Morgan fingerprint density at radius 1 is 1.05 bits per heavy atom. The molecule has 1 aromatic carbocycles. The molecule has 0 N–H and O–H groups in total. The predicted molar refractivity (Wildman–Crippen MR) is 77.9 cm³/mol. The summed E-state index contributed by atoms with van der Waals surface area (Å²) in [6.45, 7) is 1.88. The topological polar surface area (TPSA) is 25.8 Å². The predicted octanol–water partition coefficient (Wildman–Crippen LogP) is 4.56. The fourth-order valence-electron chi connectivity index (χ4n) is 2.77. The summed E-state index contributed by atoms with van der Waals surface area (Å²) in [5.41, 5.74) is 2.28. The zero-order valence-electron chi connectivity index (χ0n) is 10.7. The molecule has 1 aliphatic carbocycles. The molecule has 1 aliphatic rings. The first kappa shape index (κ1) is 12.9. The Balaban J connectivity index is 2.10. The molecule has 0 atom stereocenters. The van der Waals surface area contributed by atoms with Crippen LogP contribution in [0.25, 0.3) is 0 Å². The van der Waals surface area contributed by atoms with Crippen molar-refractivity contribution < 1.29 is 0 Å². The lowest BCUT2D eigenvalue weighted by molar-refractivity contribution is 0.293. The van der Waals surface area contributed by atoms with E-state index in [4.69, 9.17) is 23.2 Å². The molecule has 19 heavy (non-hydrogen) atoms. The van der Waals surface area contributed by atoms with Crippen molar-refractivity contribution in [3.8, 4) is 0 Å². The van der Waals surface area contributed by atoms with E-state index in [0.29, 0.717) is 5.15 Å². The average Bonchev–Trinajstić information content (AvgIpc) is 2.29. The summed E-state index contributed by atoms with van der Waals surface area (Å²) >= 11 is 12.1. The van der Waals surface area contributed by atoms with Gasteiger partial charge in [-0.05, 0) is 43.5 Å². The Hall–Kier alpha value is -1.12.